The van der Waals surface area contributed by atoms with E-state index < -0.39 is 5.60 Å². The number of hydrogen-bond acceptors (Lipinski definition) is 2. The second kappa shape index (κ2) is 4.34. The molecule has 0 amide bonds. The van der Waals surface area contributed by atoms with Crippen LogP contribution in [0.1, 0.15) is 43.4 Å². The lowest BCUT2D eigenvalue weighted by atomic mass is 9.93. The van der Waals surface area contributed by atoms with Crippen LogP contribution < -0.4 is 4.74 Å². The van der Waals surface area contributed by atoms with Crippen LogP contribution in [0.2, 0.25) is 0 Å². The molecule has 0 saturated heterocycles. The van der Waals surface area contributed by atoms with Crippen LogP contribution in [-0.4, -0.2) is 11.7 Å². The van der Waals surface area contributed by atoms with Crippen molar-refractivity contribution in [2.24, 2.45) is 5.92 Å². The Labute approximate surface area is 104 Å². The van der Waals surface area contributed by atoms with Crippen LogP contribution in [0.5, 0.6) is 5.75 Å². The van der Waals surface area contributed by atoms with Gasteiger partial charge in [-0.1, -0.05) is 12.1 Å². The number of rotatable bonds is 4. The van der Waals surface area contributed by atoms with E-state index in [1.807, 2.05) is 12.1 Å². The molecule has 1 aliphatic rings. The van der Waals surface area contributed by atoms with Crippen molar-refractivity contribution in [2.75, 3.05) is 6.61 Å². The molecule has 0 spiro atoms. The lowest BCUT2D eigenvalue weighted by Crippen LogP contribution is -2.18. The van der Waals surface area contributed by atoms with Gasteiger partial charge in [0.05, 0.1) is 12.2 Å². The summed E-state index contributed by atoms with van der Waals surface area (Å²) in [5, 5.41) is 10.2. The second-order valence-corrected chi connectivity index (χ2v) is 5.70. The molecule has 0 atom stereocenters. The smallest absolute Gasteiger partial charge is 0.128 e. The molecule has 1 aromatic rings. The van der Waals surface area contributed by atoms with Crippen LogP contribution >= 0.6 is 0 Å². The number of benzene rings is 1. The highest BCUT2D eigenvalue weighted by Gasteiger charge is 2.26. The highest BCUT2D eigenvalue weighted by molar-refractivity contribution is 5.47. The normalized spacial score (nSPS) is 16.1. The fourth-order valence-corrected chi connectivity index (χ4v) is 1.94. The summed E-state index contributed by atoms with van der Waals surface area (Å²) < 4.78 is 5.94. The maximum Gasteiger partial charge on any atom is 0.128 e. The molecule has 1 aromatic carbocycles. The Morgan fingerprint density at radius 2 is 1.94 bits per heavy atom. The average Bonchev–Trinajstić information content (AvgIpc) is 3.02. The van der Waals surface area contributed by atoms with Crippen LogP contribution in [0.15, 0.2) is 12.1 Å². The van der Waals surface area contributed by atoms with Gasteiger partial charge in [0, 0.05) is 5.56 Å². The topological polar surface area (TPSA) is 29.5 Å². The van der Waals surface area contributed by atoms with E-state index in [-0.39, 0.29) is 0 Å². The molecule has 0 heterocycles. The van der Waals surface area contributed by atoms with Gasteiger partial charge in [-0.15, -0.1) is 0 Å². The van der Waals surface area contributed by atoms with Crippen molar-refractivity contribution in [3.05, 3.63) is 28.8 Å². The van der Waals surface area contributed by atoms with Crippen molar-refractivity contribution < 1.29 is 9.84 Å². The van der Waals surface area contributed by atoms with E-state index in [0.717, 1.165) is 29.4 Å². The molecular weight excluding hydrogens is 212 g/mol. The summed E-state index contributed by atoms with van der Waals surface area (Å²) in [6.07, 6.45) is 2.56. The van der Waals surface area contributed by atoms with Gasteiger partial charge < -0.3 is 9.84 Å². The van der Waals surface area contributed by atoms with E-state index in [4.69, 9.17) is 4.74 Å². The van der Waals surface area contributed by atoms with Gasteiger partial charge in [0.1, 0.15) is 5.75 Å². The number of hydrogen-bond donors (Lipinski definition) is 1. The van der Waals surface area contributed by atoms with Crippen molar-refractivity contribution in [3.63, 3.8) is 0 Å². The van der Waals surface area contributed by atoms with E-state index in [1.165, 1.54) is 18.4 Å². The molecule has 0 unspecified atom stereocenters. The summed E-state index contributed by atoms with van der Waals surface area (Å²) in [6, 6.07) is 4.02. The zero-order valence-corrected chi connectivity index (χ0v) is 11.2. The minimum atomic E-state index is -0.850. The first-order chi connectivity index (χ1) is 7.89. The van der Waals surface area contributed by atoms with E-state index in [2.05, 4.69) is 13.8 Å². The van der Waals surface area contributed by atoms with Gasteiger partial charge >= 0.3 is 0 Å². The Bertz CT molecular complexity index is 412. The minimum absolute atomic E-state index is 0.726. The Morgan fingerprint density at radius 3 is 2.47 bits per heavy atom. The zero-order chi connectivity index (χ0) is 12.6. The van der Waals surface area contributed by atoms with Crippen molar-refractivity contribution in [1.29, 1.82) is 0 Å². The third-order valence-corrected chi connectivity index (χ3v) is 3.50. The highest BCUT2D eigenvalue weighted by atomic mass is 16.5. The highest BCUT2D eigenvalue weighted by Crippen LogP contribution is 2.36. The molecule has 17 heavy (non-hydrogen) atoms. The predicted octanol–water partition coefficient (Wildman–Crippen LogP) is 3.32. The summed E-state index contributed by atoms with van der Waals surface area (Å²) in [6.45, 7) is 8.54. The SMILES string of the molecule is Cc1ccc(C(C)(C)O)c(OCC2CC2)c1C. The van der Waals surface area contributed by atoms with Crippen LogP contribution in [0.25, 0.3) is 0 Å². The Balaban J connectivity index is 2.32. The summed E-state index contributed by atoms with van der Waals surface area (Å²) >= 11 is 0. The van der Waals surface area contributed by atoms with Crippen LogP contribution in [0.4, 0.5) is 0 Å². The number of ether oxygens (including phenoxy) is 1. The molecule has 2 rings (SSSR count). The molecule has 1 N–H and O–H groups in total. The monoisotopic (exact) mass is 234 g/mol. The molecule has 0 aliphatic heterocycles. The molecule has 0 aromatic heterocycles. The van der Waals surface area contributed by atoms with Gasteiger partial charge in [-0.2, -0.15) is 0 Å². The molecule has 2 heteroatoms. The maximum absolute atomic E-state index is 10.2. The van der Waals surface area contributed by atoms with E-state index in [9.17, 15) is 5.11 Å². The third kappa shape index (κ3) is 2.81. The quantitative estimate of drug-likeness (QED) is 0.866. The third-order valence-electron chi connectivity index (χ3n) is 3.50. The molecule has 1 fully saturated rings. The van der Waals surface area contributed by atoms with Crippen molar-refractivity contribution in [3.8, 4) is 5.75 Å². The van der Waals surface area contributed by atoms with Crippen LogP contribution in [0.3, 0.4) is 0 Å². The van der Waals surface area contributed by atoms with Crippen LogP contribution in [0, 0.1) is 19.8 Å². The van der Waals surface area contributed by atoms with Crippen molar-refractivity contribution >= 4 is 0 Å². The summed E-state index contributed by atoms with van der Waals surface area (Å²) in [5.41, 5.74) is 2.40. The molecule has 2 nitrogen and oxygen atoms in total. The Hall–Kier alpha value is -1.02. The lowest BCUT2D eigenvalue weighted by Gasteiger charge is -2.24. The maximum atomic E-state index is 10.2. The minimum Gasteiger partial charge on any atom is -0.493 e. The van der Waals surface area contributed by atoms with Gasteiger partial charge in [-0.3, -0.25) is 0 Å². The van der Waals surface area contributed by atoms with Gasteiger partial charge in [0.15, 0.2) is 0 Å². The van der Waals surface area contributed by atoms with E-state index in [0.29, 0.717) is 0 Å². The standard InChI is InChI=1S/C15H22O2/c1-10-5-8-13(15(3,4)16)14(11(10)2)17-9-12-6-7-12/h5,8,12,16H,6-7,9H2,1-4H3. The molecule has 1 aliphatic carbocycles. The average molecular weight is 234 g/mol. The summed E-state index contributed by atoms with van der Waals surface area (Å²) in [4.78, 5) is 0. The Kier molecular flexibility index (Phi) is 3.17. The molecular formula is C15H22O2. The fourth-order valence-electron chi connectivity index (χ4n) is 1.94. The molecule has 0 radical (unpaired) electrons. The van der Waals surface area contributed by atoms with Crippen LogP contribution in [-0.2, 0) is 5.60 Å². The second-order valence-electron chi connectivity index (χ2n) is 5.70. The first-order valence-electron chi connectivity index (χ1n) is 6.35. The van der Waals surface area contributed by atoms with Crippen molar-refractivity contribution in [2.45, 2.75) is 46.1 Å². The largest absolute Gasteiger partial charge is 0.493 e. The first kappa shape index (κ1) is 12.4. The summed E-state index contributed by atoms with van der Waals surface area (Å²) in [7, 11) is 0. The molecule has 0 bridgehead atoms. The fraction of sp³-hybridized carbons (Fsp3) is 0.600. The molecule has 94 valence electrons. The van der Waals surface area contributed by atoms with E-state index >= 15 is 0 Å². The number of aliphatic hydroxyl groups is 1. The van der Waals surface area contributed by atoms with Gasteiger partial charge in [-0.25, -0.2) is 0 Å². The Morgan fingerprint density at radius 1 is 1.29 bits per heavy atom. The summed E-state index contributed by atoms with van der Waals surface area (Å²) in [5.74, 6) is 1.61. The predicted molar refractivity (Wildman–Crippen MR) is 69.4 cm³/mol. The number of aryl methyl sites for hydroxylation is 1. The lowest BCUT2D eigenvalue weighted by molar-refractivity contribution is 0.0743. The zero-order valence-electron chi connectivity index (χ0n) is 11.2. The van der Waals surface area contributed by atoms with Gasteiger partial charge in [-0.05, 0) is 57.6 Å². The van der Waals surface area contributed by atoms with Gasteiger partial charge in [0.25, 0.3) is 0 Å². The molecule has 1 saturated carbocycles. The van der Waals surface area contributed by atoms with Gasteiger partial charge in [0.2, 0.25) is 0 Å². The first-order valence-corrected chi connectivity index (χ1v) is 6.35. The van der Waals surface area contributed by atoms with Crippen molar-refractivity contribution in [1.82, 2.24) is 0 Å². The van der Waals surface area contributed by atoms with E-state index in [1.54, 1.807) is 13.8 Å².